The van der Waals surface area contributed by atoms with E-state index < -0.39 is 11.2 Å². The van der Waals surface area contributed by atoms with E-state index in [1.807, 2.05) is 0 Å². The molecule has 3 aromatic rings. The van der Waals surface area contributed by atoms with Crippen molar-refractivity contribution in [2.45, 2.75) is 58.4 Å². The molecule has 10 heteroatoms. The summed E-state index contributed by atoms with van der Waals surface area (Å²) in [6, 6.07) is 4.17. The van der Waals surface area contributed by atoms with Crippen molar-refractivity contribution in [3.63, 3.8) is 0 Å². The van der Waals surface area contributed by atoms with E-state index in [9.17, 15) is 19.8 Å². The Balaban J connectivity index is 1.82. The van der Waals surface area contributed by atoms with E-state index in [1.165, 1.54) is 54.7 Å². The minimum Gasteiger partial charge on any atom is -0.508 e. The topological polar surface area (TPSA) is 138 Å². The molecule has 0 aliphatic rings. The van der Waals surface area contributed by atoms with E-state index in [1.54, 1.807) is 11.6 Å². The highest BCUT2D eigenvalue weighted by atomic mass is 16.3. The average Bonchev–Trinajstić information content (AvgIpc) is 3.12. The molecule has 0 aliphatic heterocycles. The molecule has 1 aromatic carbocycles. The Bertz CT molecular complexity index is 1210. The number of H-pyrrole nitrogens is 1. The molecule has 32 heavy (non-hydrogen) atoms. The molecule has 0 fully saturated rings. The molecule has 0 radical (unpaired) electrons. The van der Waals surface area contributed by atoms with E-state index in [-0.39, 0.29) is 17.1 Å². The standard InChI is InChI=1S/C22H30N6O4/c1-3-4-5-6-7-8-9-12-28-18-19(27(2)22(32)25-20(18)31)24-21(28)26-23-14-15-10-11-16(29)13-17(15)30/h10-11,13-14,29-30H,3-9,12H2,1-2H3,(H,24,26)(H,25,31,32). The summed E-state index contributed by atoms with van der Waals surface area (Å²) < 4.78 is 3.02. The molecule has 0 bridgehead atoms. The third kappa shape index (κ3) is 5.37. The molecule has 2 heterocycles. The second-order valence-electron chi connectivity index (χ2n) is 7.81. The van der Waals surface area contributed by atoms with Crippen LogP contribution in [0.3, 0.4) is 0 Å². The van der Waals surface area contributed by atoms with Crippen molar-refractivity contribution < 1.29 is 10.2 Å². The number of nitrogens with one attached hydrogen (secondary N) is 2. The Hall–Kier alpha value is -3.56. The first-order valence-corrected chi connectivity index (χ1v) is 10.9. The third-order valence-electron chi connectivity index (χ3n) is 5.37. The Labute approximate surface area is 185 Å². The molecule has 0 saturated carbocycles. The average molecular weight is 443 g/mol. The van der Waals surface area contributed by atoms with Gasteiger partial charge in [0.2, 0.25) is 5.95 Å². The number of aromatic nitrogens is 4. The zero-order chi connectivity index (χ0) is 23.1. The van der Waals surface area contributed by atoms with Gasteiger partial charge >= 0.3 is 5.69 Å². The lowest BCUT2D eigenvalue weighted by Gasteiger charge is -2.08. The summed E-state index contributed by atoms with van der Waals surface area (Å²) in [5.74, 6) is 0.155. The van der Waals surface area contributed by atoms with Crippen LogP contribution in [0.1, 0.15) is 57.4 Å². The van der Waals surface area contributed by atoms with Gasteiger partial charge in [0.05, 0.1) is 6.21 Å². The van der Waals surface area contributed by atoms with Crippen LogP contribution in [0.15, 0.2) is 32.9 Å². The number of aromatic amines is 1. The predicted octanol–water partition coefficient (Wildman–Crippen LogP) is 3.03. The number of aryl methyl sites for hydroxylation is 2. The van der Waals surface area contributed by atoms with E-state index >= 15 is 0 Å². The molecule has 0 spiro atoms. The van der Waals surface area contributed by atoms with Crippen molar-refractivity contribution >= 4 is 23.3 Å². The van der Waals surface area contributed by atoms with Crippen molar-refractivity contribution in [1.82, 2.24) is 19.1 Å². The molecule has 3 rings (SSSR count). The molecule has 0 unspecified atom stereocenters. The lowest BCUT2D eigenvalue weighted by atomic mass is 10.1. The summed E-state index contributed by atoms with van der Waals surface area (Å²) in [5.41, 5.74) is 2.76. The highest BCUT2D eigenvalue weighted by molar-refractivity contribution is 5.84. The monoisotopic (exact) mass is 442 g/mol. The van der Waals surface area contributed by atoms with Crippen LogP contribution in [0.25, 0.3) is 11.2 Å². The first-order chi connectivity index (χ1) is 15.4. The summed E-state index contributed by atoms with van der Waals surface area (Å²) >= 11 is 0. The van der Waals surface area contributed by atoms with Gasteiger partial charge in [-0.15, -0.1) is 0 Å². The second-order valence-corrected chi connectivity index (χ2v) is 7.81. The van der Waals surface area contributed by atoms with Crippen molar-refractivity contribution in [3.05, 3.63) is 44.6 Å². The van der Waals surface area contributed by atoms with Crippen LogP contribution in [-0.4, -0.2) is 35.5 Å². The quantitative estimate of drug-likeness (QED) is 0.205. The molecule has 0 saturated heterocycles. The summed E-state index contributed by atoms with van der Waals surface area (Å²) in [7, 11) is 1.55. The van der Waals surface area contributed by atoms with E-state index in [0.717, 1.165) is 19.3 Å². The number of hydrazone groups is 1. The predicted molar refractivity (Wildman–Crippen MR) is 125 cm³/mol. The van der Waals surface area contributed by atoms with Gasteiger partial charge in [0.15, 0.2) is 11.2 Å². The first-order valence-electron chi connectivity index (χ1n) is 10.9. The van der Waals surface area contributed by atoms with Gasteiger partial charge in [0.1, 0.15) is 11.5 Å². The minimum absolute atomic E-state index is 0.0516. The number of fused-ring (bicyclic) bond motifs is 1. The van der Waals surface area contributed by atoms with Gasteiger partial charge in [-0.1, -0.05) is 45.4 Å². The maximum atomic E-state index is 12.5. The zero-order valence-electron chi connectivity index (χ0n) is 18.5. The molecule has 10 nitrogen and oxygen atoms in total. The van der Waals surface area contributed by atoms with E-state index in [0.29, 0.717) is 23.6 Å². The fraction of sp³-hybridized carbons (Fsp3) is 0.455. The normalized spacial score (nSPS) is 11.6. The fourth-order valence-corrected chi connectivity index (χ4v) is 3.57. The van der Waals surface area contributed by atoms with Gasteiger partial charge in [0, 0.05) is 25.2 Å². The lowest BCUT2D eigenvalue weighted by Crippen LogP contribution is -2.29. The number of rotatable bonds is 11. The smallest absolute Gasteiger partial charge is 0.329 e. The summed E-state index contributed by atoms with van der Waals surface area (Å²) in [6.07, 6.45) is 9.28. The van der Waals surface area contributed by atoms with E-state index in [4.69, 9.17) is 0 Å². The van der Waals surface area contributed by atoms with Crippen LogP contribution < -0.4 is 16.7 Å². The van der Waals surface area contributed by atoms with E-state index in [2.05, 4.69) is 27.4 Å². The molecular formula is C22H30N6O4. The second kappa shape index (κ2) is 10.7. The summed E-state index contributed by atoms with van der Waals surface area (Å²) in [5, 5.41) is 23.4. The van der Waals surface area contributed by atoms with Crippen LogP contribution >= 0.6 is 0 Å². The number of nitrogens with zero attached hydrogens (tertiary/aromatic N) is 4. The Morgan fingerprint density at radius 3 is 2.56 bits per heavy atom. The Morgan fingerprint density at radius 1 is 1.12 bits per heavy atom. The van der Waals surface area contributed by atoms with Crippen LogP contribution in [0.4, 0.5) is 5.95 Å². The van der Waals surface area contributed by atoms with Gasteiger partial charge in [-0.25, -0.2) is 10.2 Å². The van der Waals surface area contributed by atoms with Gasteiger partial charge in [-0.3, -0.25) is 14.3 Å². The van der Waals surface area contributed by atoms with Crippen LogP contribution in [0, 0.1) is 0 Å². The number of hydrogen-bond donors (Lipinski definition) is 4. The van der Waals surface area contributed by atoms with Crippen molar-refractivity contribution in [1.29, 1.82) is 0 Å². The third-order valence-corrected chi connectivity index (χ3v) is 5.37. The van der Waals surface area contributed by atoms with Crippen molar-refractivity contribution in [2.75, 3.05) is 5.43 Å². The van der Waals surface area contributed by atoms with Crippen LogP contribution in [-0.2, 0) is 13.6 Å². The number of phenolic OH excluding ortho intramolecular Hbond substituents is 2. The molecular weight excluding hydrogens is 412 g/mol. The molecule has 0 amide bonds. The van der Waals surface area contributed by atoms with Gasteiger partial charge in [-0.05, 0) is 18.6 Å². The van der Waals surface area contributed by atoms with Gasteiger partial charge < -0.3 is 14.8 Å². The highest BCUT2D eigenvalue weighted by Crippen LogP contribution is 2.21. The number of hydrogen-bond acceptors (Lipinski definition) is 7. The Kier molecular flexibility index (Phi) is 7.69. The largest absolute Gasteiger partial charge is 0.508 e. The number of anilines is 1. The number of benzene rings is 1. The number of aromatic hydroxyl groups is 2. The SMILES string of the molecule is CCCCCCCCCn1c(NN=Cc2ccc(O)cc2O)nc2c1c(=O)[nH]c(=O)n2C. The number of unbranched alkanes of at least 4 members (excludes halogenated alkanes) is 6. The van der Waals surface area contributed by atoms with Crippen LogP contribution in [0.2, 0.25) is 0 Å². The zero-order valence-corrected chi connectivity index (χ0v) is 18.5. The first kappa shape index (κ1) is 23.1. The molecule has 2 aromatic heterocycles. The summed E-state index contributed by atoms with van der Waals surface area (Å²) in [4.78, 5) is 31.2. The van der Waals surface area contributed by atoms with Gasteiger partial charge in [0.25, 0.3) is 5.56 Å². The number of imidazole rings is 1. The molecule has 172 valence electrons. The Morgan fingerprint density at radius 2 is 1.84 bits per heavy atom. The lowest BCUT2D eigenvalue weighted by molar-refractivity contribution is 0.450. The minimum atomic E-state index is -0.535. The van der Waals surface area contributed by atoms with Crippen molar-refractivity contribution in [3.8, 4) is 11.5 Å². The highest BCUT2D eigenvalue weighted by Gasteiger charge is 2.17. The van der Waals surface area contributed by atoms with Gasteiger partial charge in [-0.2, -0.15) is 10.1 Å². The number of phenols is 2. The molecule has 0 aliphatic carbocycles. The van der Waals surface area contributed by atoms with Crippen LogP contribution in [0.5, 0.6) is 11.5 Å². The maximum absolute atomic E-state index is 12.5. The molecule has 4 N–H and O–H groups in total. The van der Waals surface area contributed by atoms with Crippen molar-refractivity contribution in [2.24, 2.45) is 12.1 Å². The summed E-state index contributed by atoms with van der Waals surface area (Å²) in [6.45, 7) is 2.74. The maximum Gasteiger partial charge on any atom is 0.329 e. The fourth-order valence-electron chi connectivity index (χ4n) is 3.57. The molecule has 0 atom stereocenters.